The fraction of sp³-hybridized carbons (Fsp3) is 0.225. The number of likely N-dealkylation sites (N-methyl/N-ethyl adjacent to an activating group) is 1. The molecule has 0 aromatic heterocycles. The number of amides is 2. The van der Waals surface area contributed by atoms with Gasteiger partial charge in [0.2, 0.25) is 0 Å². The predicted molar refractivity (Wildman–Crippen MR) is 191 cm³/mol. The molecule has 5 aromatic carbocycles. The number of aliphatic hydroxyl groups is 2. The Kier molecular flexibility index (Phi) is 11.4. The van der Waals surface area contributed by atoms with Crippen LogP contribution >= 0.6 is 0 Å². The monoisotopic (exact) mass is 675 g/mol. The highest BCUT2D eigenvalue weighted by Gasteiger charge is 2.33. The molecule has 1 fully saturated rings. The van der Waals surface area contributed by atoms with Gasteiger partial charge >= 0.3 is 6.03 Å². The van der Waals surface area contributed by atoms with Gasteiger partial charge in [-0.25, -0.2) is 4.79 Å². The zero-order valence-corrected chi connectivity index (χ0v) is 27.7. The maximum Gasteiger partial charge on any atom is 0.323 e. The zero-order valence-electron chi connectivity index (χ0n) is 27.7. The van der Waals surface area contributed by atoms with Crippen LogP contribution in [0.15, 0.2) is 127 Å². The number of rotatable bonds is 12. The predicted octanol–water partition coefficient (Wildman–Crippen LogP) is 7.53. The van der Waals surface area contributed by atoms with Gasteiger partial charge in [0.1, 0.15) is 17.2 Å². The van der Waals surface area contributed by atoms with E-state index in [1.54, 1.807) is 54.6 Å². The molecule has 4 unspecified atom stereocenters. The van der Waals surface area contributed by atoms with Crippen molar-refractivity contribution in [1.82, 2.24) is 4.90 Å². The molecule has 0 radical (unpaired) electrons. The third kappa shape index (κ3) is 9.47. The Hall–Kier alpha value is -5.23. The Morgan fingerprint density at radius 1 is 0.820 bits per heavy atom. The number of nitrogens with zero attached hydrogens (tertiary/aromatic N) is 1. The summed E-state index contributed by atoms with van der Waals surface area (Å²) in [6.45, 7) is 0.798. The van der Waals surface area contributed by atoms with Crippen molar-refractivity contribution < 1.29 is 34.3 Å². The number of ether oxygens (including phenoxy) is 3. The van der Waals surface area contributed by atoms with Crippen LogP contribution in [0.1, 0.15) is 47.2 Å². The normalized spacial score (nSPS) is 18.0. The number of nitrogens with one attached hydrogen (secondary N) is 2. The van der Waals surface area contributed by atoms with Crippen molar-refractivity contribution in [3.05, 3.63) is 150 Å². The third-order valence-corrected chi connectivity index (χ3v) is 8.38. The maximum absolute atomic E-state index is 12.9. The Morgan fingerprint density at radius 2 is 1.54 bits per heavy atom. The van der Waals surface area contributed by atoms with E-state index < -0.39 is 18.4 Å². The van der Waals surface area contributed by atoms with E-state index >= 15 is 0 Å². The molecular formula is C40H41N3O7. The van der Waals surface area contributed by atoms with Gasteiger partial charge in [0, 0.05) is 36.4 Å². The van der Waals surface area contributed by atoms with E-state index in [0.717, 1.165) is 22.4 Å². The molecule has 2 amide bonds. The summed E-state index contributed by atoms with van der Waals surface area (Å²) < 4.78 is 18.8. The second-order valence-electron chi connectivity index (χ2n) is 12.3. The number of hydrogen-bond acceptors (Lipinski definition) is 8. The van der Waals surface area contributed by atoms with Gasteiger partial charge in [-0.2, -0.15) is 0 Å². The number of aliphatic hydroxyl groups excluding tert-OH is 2. The van der Waals surface area contributed by atoms with Gasteiger partial charge in [-0.05, 0) is 84.4 Å². The largest absolute Gasteiger partial charge is 0.508 e. The molecule has 4 atom stereocenters. The molecule has 6 rings (SSSR count). The van der Waals surface area contributed by atoms with Crippen molar-refractivity contribution in [3.8, 4) is 17.2 Å². The van der Waals surface area contributed by atoms with Gasteiger partial charge < -0.3 is 45.1 Å². The number of aromatic hydroxyl groups is 1. The van der Waals surface area contributed by atoms with E-state index in [-0.39, 0.29) is 24.6 Å². The summed E-state index contributed by atoms with van der Waals surface area (Å²) in [6, 6.07) is 37.8. The molecule has 1 saturated heterocycles. The molecule has 10 nitrogen and oxygen atoms in total. The van der Waals surface area contributed by atoms with E-state index in [2.05, 4.69) is 10.6 Å². The highest BCUT2D eigenvalue weighted by Crippen LogP contribution is 2.39. The first-order valence-corrected chi connectivity index (χ1v) is 16.5. The summed E-state index contributed by atoms with van der Waals surface area (Å²) >= 11 is 0. The SMILES string of the molecule is CN(CC1CC(c2ccc(CO)cc2)OC(c2cccc(NC(=O)Nc3ccc(Oc4ccccc4)cc3)c2)O1)CC(O)c1cccc(O)c1. The fourth-order valence-corrected chi connectivity index (χ4v) is 5.88. The highest BCUT2D eigenvalue weighted by molar-refractivity contribution is 5.99. The summed E-state index contributed by atoms with van der Waals surface area (Å²) in [6.07, 6.45) is -1.52. The molecule has 0 saturated carbocycles. The Morgan fingerprint density at radius 3 is 2.28 bits per heavy atom. The van der Waals surface area contributed by atoms with Crippen molar-refractivity contribution in [2.75, 3.05) is 30.8 Å². The molecule has 0 aliphatic carbocycles. The van der Waals surface area contributed by atoms with Gasteiger partial charge in [0.25, 0.3) is 0 Å². The summed E-state index contributed by atoms with van der Waals surface area (Å²) in [5.74, 6) is 1.49. The molecule has 50 heavy (non-hydrogen) atoms. The lowest BCUT2D eigenvalue weighted by molar-refractivity contribution is -0.252. The number of para-hydroxylation sites is 1. The summed E-state index contributed by atoms with van der Waals surface area (Å²) in [5.41, 5.74) is 4.30. The van der Waals surface area contributed by atoms with Gasteiger partial charge in [-0.1, -0.05) is 66.7 Å². The minimum atomic E-state index is -0.793. The number of anilines is 2. The third-order valence-electron chi connectivity index (χ3n) is 8.38. The average molecular weight is 676 g/mol. The van der Waals surface area contributed by atoms with Crippen molar-refractivity contribution >= 4 is 17.4 Å². The number of phenols is 1. The van der Waals surface area contributed by atoms with Crippen LogP contribution in [-0.2, 0) is 16.1 Å². The van der Waals surface area contributed by atoms with Crippen molar-refractivity contribution in [1.29, 1.82) is 0 Å². The number of carbonyl (C=O) groups is 1. The van der Waals surface area contributed by atoms with Gasteiger partial charge in [0.15, 0.2) is 6.29 Å². The molecule has 10 heteroatoms. The second kappa shape index (κ2) is 16.4. The molecule has 1 aliphatic rings. The first-order valence-electron chi connectivity index (χ1n) is 16.5. The lowest BCUT2D eigenvalue weighted by atomic mass is 9.99. The van der Waals surface area contributed by atoms with E-state index in [4.69, 9.17) is 14.2 Å². The van der Waals surface area contributed by atoms with Crippen molar-refractivity contribution in [2.45, 2.75) is 37.6 Å². The van der Waals surface area contributed by atoms with Crippen LogP contribution in [-0.4, -0.2) is 52.5 Å². The second-order valence-corrected chi connectivity index (χ2v) is 12.3. The standard InChI is InChI=1S/C40H41N3O7/c1-43(25-37(46)29-7-6-10-33(45)22-29)24-36-23-38(28-15-13-27(26-44)14-16-28)50-39(49-36)30-8-5-9-32(21-30)42-40(47)41-31-17-19-35(20-18-31)48-34-11-3-2-4-12-34/h2-22,36-39,44-46H,23-26H2,1H3,(H2,41,42,47). The molecule has 5 N–H and O–H groups in total. The van der Waals surface area contributed by atoms with Crippen LogP contribution in [0.4, 0.5) is 16.2 Å². The number of benzene rings is 5. The van der Waals surface area contributed by atoms with E-state index in [0.29, 0.717) is 42.2 Å². The number of phenolic OH excluding ortho intramolecular Hbond substituents is 1. The first kappa shape index (κ1) is 34.6. The number of carbonyl (C=O) groups excluding carboxylic acids is 1. The van der Waals surface area contributed by atoms with E-state index in [1.807, 2.05) is 84.7 Å². The minimum absolute atomic E-state index is 0.0478. The van der Waals surface area contributed by atoms with E-state index in [1.165, 1.54) is 0 Å². The number of hydrogen-bond donors (Lipinski definition) is 5. The van der Waals surface area contributed by atoms with Crippen molar-refractivity contribution in [3.63, 3.8) is 0 Å². The lowest BCUT2D eigenvalue weighted by Crippen LogP contribution is -2.39. The summed E-state index contributed by atoms with van der Waals surface area (Å²) in [4.78, 5) is 14.9. The Bertz CT molecular complexity index is 1840. The minimum Gasteiger partial charge on any atom is -0.508 e. The lowest BCUT2D eigenvalue weighted by Gasteiger charge is -2.38. The molecule has 1 aliphatic heterocycles. The molecule has 258 valence electrons. The van der Waals surface area contributed by atoms with E-state index in [9.17, 15) is 20.1 Å². The van der Waals surface area contributed by atoms with Crippen LogP contribution in [0.5, 0.6) is 17.2 Å². The Labute approximate surface area is 291 Å². The number of urea groups is 1. The molecular weight excluding hydrogens is 634 g/mol. The van der Waals surface area contributed by atoms with Gasteiger partial charge in [-0.15, -0.1) is 0 Å². The topological polar surface area (TPSA) is 133 Å². The smallest absolute Gasteiger partial charge is 0.323 e. The quantitative estimate of drug-likeness (QED) is 0.0917. The molecule has 5 aromatic rings. The van der Waals surface area contributed by atoms with Crippen LogP contribution in [0.25, 0.3) is 0 Å². The van der Waals surface area contributed by atoms with Gasteiger partial charge in [0.05, 0.1) is 24.9 Å². The summed E-state index contributed by atoms with van der Waals surface area (Å²) in [7, 11) is 1.91. The molecule has 0 bridgehead atoms. The molecule has 0 spiro atoms. The Balaban J connectivity index is 1.12. The zero-order chi connectivity index (χ0) is 34.9. The summed E-state index contributed by atoms with van der Waals surface area (Å²) in [5, 5.41) is 36.0. The first-order chi connectivity index (χ1) is 24.3. The van der Waals surface area contributed by atoms with Crippen LogP contribution in [0.2, 0.25) is 0 Å². The van der Waals surface area contributed by atoms with Crippen LogP contribution < -0.4 is 15.4 Å². The highest BCUT2D eigenvalue weighted by atomic mass is 16.7. The molecule has 1 heterocycles. The maximum atomic E-state index is 12.9. The average Bonchev–Trinajstić information content (AvgIpc) is 3.13. The van der Waals surface area contributed by atoms with Crippen LogP contribution in [0, 0.1) is 0 Å². The van der Waals surface area contributed by atoms with Gasteiger partial charge in [-0.3, -0.25) is 0 Å². The van der Waals surface area contributed by atoms with Crippen molar-refractivity contribution in [2.24, 2.45) is 0 Å². The fourth-order valence-electron chi connectivity index (χ4n) is 5.88. The van der Waals surface area contributed by atoms with Crippen LogP contribution in [0.3, 0.4) is 0 Å².